The molecule has 1 N–H and O–H groups in total. The Balaban J connectivity index is 1.52. The van der Waals surface area contributed by atoms with Gasteiger partial charge in [-0.3, -0.25) is 23.7 Å². The van der Waals surface area contributed by atoms with Gasteiger partial charge in [-0.25, -0.2) is 0 Å². The number of hydrogen-bond acceptors (Lipinski definition) is 5. The van der Waals surface area contributed by atoms with Crippen molar-refractivity contribution < 1.29 is 14.4 Å². The Labute approximate surface area is 169 Å². The summed E-state index contributed by atoms with van der Waals surface area (Å²) in [4.78, 5) is 40.2. The van der Waals surface area contributed by atoms with Gasteiger partial charge in [0.25, 0.3) is 0 Å². The first-order valence-electron chi connectivity index (χ1n) is 10.1. The van der Waals surface area contributed by atoms with Crippen LogP contribution in [0.5, 0.6) is 0 Å². The van der Waals surface area contributed by atoms with Gasteiger partial charge in [0, 0.05) is 6.20 Å². The summed E-state index contributed by atoms with van der Waals surface area (Å²) in [6.45, 7) is 4.13. The lowest BCUT2D eigenvalue weighted by Gasteiger charge is -2.27. The lowest BCUT2D eigenvalue weighted by atomic mass is 9.85. The highest BCUT2D eigenvalue weighted by molar-refractivity contribution is 6.08. The van der Waals surface area contributed by atoms with Crippen molar-refractivity contribution in [2.45, 2.75) is 45.7 Å². The van der Waals surface area contributed by atoms with Crippen LogP contribution in [0, 0.1) is 17.8 Å². The second kappa shape index (κ2) is 7.77. The third kappa shape index (κ3) is 3.54. The number of carbonyl (C=O) groups excluding carboxylic acids is 3. The first-order valence-corrected chi connectivity index (χ1v) is 10.1. The smallest absolute Gasteiger partial charge is 0.243 e. The highest BCUT2D eigenvalue weighted by atomic mass is 16.2. The fourth-order valence-electron chi connectivity index (χ4n) is 4.20. The molecular formula is C21H25N5O3. The zero-order valence-corrected chi connectivity index (χ0v) is 16.6. The molecular weight excluding hydrogens is 370 g/mol. The maximum absolute atomic E-state index is 13.1. The van der Waals surface area contributed by atoms with Crippen molar-refractivity contribution in [3.05, 3.63) is 42.4 Å². The number of pyridine rings is 1. The van der Waals surface area contributed by atoms with E-state index in [1.807, 2.05) is 50.4 Å². The van der Waals surface area contributed by atoms with E-state index in [2.05, 4.69) is 15.5 Å². The molecule has 1 fully saturated rings. The number of imide groups is 1. The molecule has 4 rings (SSSR count). The molecule has 8 heteroatoms. The van der Waals surface area contributed by atoms with Crippen molar-refractivity contribution in [2.75, 3.05) is 0 Å². The van der Waals surface area contributed by atoms with Gasteiger partial charge in [0.1, 0.15) is 6.04 Å². The molecule has 3 atom stereocenters. The number of carbonyl (C=O) groups is 3. The molecule has 3 heterocycles. The molecule has 0 saturated carbocycles. The van der Waals surface area contributed by atoms with Crippen LogP contribution >= 0.6 is 0 Å². The van der Waals surface area contributed by atoms with Crippen LogP contribution in [0.25, 0.3) is 5.65 Å². The van der Waals surface area contributed by atoms with Crippen molar-refractivity contribution in [1.82, 2.24) is 24.8 Å². The lowest BCUT2D eigenvalue weighted by molar-refractivity contribution is -0.148. The Hall–Kier alpha value is -3.03. The first-order chi connectivity index (χ1) is 14.0. The average Bonchev–Trinajstić information content (AvgIpc) is 3.24. The van der Waals surface area contributed by atoms with Gasteiger partial charge in [-0.05, 0) is 37.3 Å². The van der Waals surface area contributed by atoms with Crippen LogP contribution in [-0.2, 0) is 20.9 Å². The second-order valence-electron chi connectivity index (χ2n) is 8.11. The summed E-state index contributed by atoms with van der Waals surface area (Å²) >= 11 is 0. The van der Waals surface area contributed by atoms with E-state index in [-0.39, 0.29) is 42.0 Å². The Bertz CT molecular complexity index is 954. The summed E-state index contributed by atoms with van der Waals surface area (Å²) in [5.74, 6) is -0.711. The second-order valence-corrected chi connectivity index (χ2v) is 8.11. The van der Waals surface area contributed by atoms with Gasteiger partial charge in [0.15, 0.2) is 11.5 Å². The Kier molecular flexibility index (Phi) is 5.17. The molecule has 152 valence electrons. The van der Waals surface area contributed by atoms with Crippen LogP contribution in [0.1, 0.15) is 38.9 Å². The van der Waals surface area contributed by atoms with Crippen LogP contribution in [-0.4, -0.2) is 43.3 Å². The first kappa shape index (κ1) is 19.3. The van der Waals surface area contributed by atoms with Crippen molar-refractivity contribution in [3.8, 4) is 0 Å². The maximum Gasteiger partial charge on any atom is 0.243 e. The summed E-state index contributed by atoms with van der Waals surface area (Å²) in [6.07, 6.45) is 7.28. The number of hydrogen-bond donors (Lipinski definition) is 1. The van der Waals surface area contributed by atoms with E-state index in [9.17, 15) is 14.4 Å². The van der Waals surface area contributed by atoms with Gasteiger partial charge in [0.05, 0.1) is 18.4 Å². The summed E-state index contributed by atoms with van der Waals surface area (Å²) in [5, 5.41) is 11.1. The number of rotatable bonds is 6. The number of likely N-dealkylation sites (tertiary alicyclic amines) is 1. The molecule has 3 unspecified atom stereocenters. The monoisotopic (exact) mass is 395 g/mol. The Morgan fingerprint density at radius 1 is 1.14 bits per heavy atom. The molecule has 0 aromatic carbocycles. The summed E-state index contributed by atoms with van der Waals surface area (Å²) in [7, 11) is 0. The van der Waals surface area contributed by atoms with E-state index in [1.54, 1.807) is 4.40 Å². The number of aromatic nitrogens is 3. The topological polar surface area (TPSA) is 96.7 Å². The SMILES string of the molecule is CC(C)CC(C(=O)NCc1nnc2ccccn12)N1C(=O)C2CC=CCC2C1=O. The molecule has 0 bridgehead atoms. The summed E-state index contributed by atoms with van der Waals surface area (Å²) in [5.41, 5.74) is 0.692. The van der Waals surface area contributed by atoms with E-state index >= 15 is 0 Å². The van der Waals surface area contributed by atoms with Crippen molar-refractivity contribution in [1.29, 1.82) is 0 Å². The molecule has 0 radical (unpaired) electrons. The number of fused-ring (bicyclic) bond motifs is 2. The molecule has 2 aromatic heterocycles. The van der Waals surface area contributed by atoms with Crippen LogP contribution < -0.4 is 5.32 Å². The minimum absolute atomic E-state index is 0.154. The van der Waals surface area contributed by atoms with Crippen LogP contribution in [0.2, 0.25) is 0 Å². The van der Waals surface area contributed by atoms with E-state index in [0.29, 0.717) is 30.7 Å². The van der Waals surface area contributed by atoms with Crippen LogP contribution in [0.4, 0.5) is 0 Å². The standard InChI is InChI=1S/C21H25N5O3/c1-13(2)11-16(26-20(28)14-7-3-4-8-15(14)21(26)29)19(27)22-12-18-24-23-17-9-5-6-10-25(17)18/h3-6,9-10,13-16H,7-8,11-12H2,1-2H3,(H,22,27). The van der Waals surface area contributed by atoms with E-state index in [1.165, 1.54) is 4.90 Å². The van der Waals surface area contributed by atoms with Crippen molar-refractivity contribution in [2.24, 2.45) is 17.8 Å². The minimum Gasteiger partial charge on any atom is -0.347 e. The molecule has 1 aliphatic carbocycles. The van der Waals surface area contributed by atoms with E-state index in [4.69, 9.17) is 0 Å². The van der Waals surface area contributed by atoms with Gasteiger partial charge in [0.2, 0.25) is 17.7 Å². The quantitative estimate of drug-likeness (QED) is 0.593. The molecule has 1 aliphatic heterocycles. The third-order valence-corrected chi connectivity index (χ3v) is 5.66. The molecule has 29 heavy (non-hydrogen) atoms. The fraction of sp³-hybridized carbons (Fsp3) is 0.476. The molecule has 8 nitrogen and oxygen atoms in total. The fourth-order valence-corrected chi connectivity index (χ4v) is 4.20. The van der Waals surface area contributed by atoms with Gasteiger partial charge < -0.3 is 5.32 Å². The molecule has 2 aromatic rings. The number of allylic oxidation sites excluding steroid dienone is 2. The van der Waals surface area contributed by atoms with Gasteiger partial charge in [-0.1, -0.05) is 32.1 Å². The Morgan fingerprint density at radius 3 is 2.48 bits per heavy atom. The molecule has 1 saturated heterocycles. The molecule has 2 aliphatic rings. The molecule has 3 amide bonds. The number of nitrogens with one attached hydrogen (secondary N) is 1. The van der Waals surface area contributed by atoms with Crippen molar-refractivity contribution in [3.63, 3.8) is 0 Å². The van der Waals surface area contributed by atoms with Gasteiger partial charge in [-0.15, -0.1) is 10.2 Å². The van der Waals surface area contributed by atoms with Crippen LogP contribution in [0.15, 0.2) is 36.5 Å². The zero-order valence-electron chi connectivity index (χ0n) is 16.6. The largest absolute Gasteiger partial charge is 0.347 e. The van der Waals surface area contributed by atoms with Gasteiger partial charge in [-0.2, -0.15) is 0 Å². The van der Waals surface area contributed by atoms with E-state index in [0.717, 1.165) is 0 Å². The van der Waals surface area contributed by atoms with Gasteiger partial charge >= 0.3 is 0 Å². The summed E-state index contributed by atoms with van der Waals surface area (Å²) < 4.78 is 1.80. The maximum atomic E-state index is 13.1. The number of nitrogens with zero attached hydrogens (tertiary/aromatic N) is 4. The Morgan fingerprint density at radius 2 is 1.83 bits per heavy atom. The predicted molar refractivity (Wildman–Crippen MR) is 105 cm³/mol. The highest BCUT2D eigenvalue weighted by Gasteiger charge is 2.51. The normalized spacial score (nSPS) is 22.4. The summed E-state index contributed by atoms with van der Waals surface area (Å²) in [6, 6.07) is 4.75. The lowest BCUT2D eigenvalue weighted by Crippen LogP contribution is -2.50. The minimum atomic E-state index is -0.806. The van der Waals surface area contributed by atoms with Crippen molar-refractivity contribution >= 4 is 23.4 Å². The molecule has 0 spiro atoms. The van der Waals surface area contributed by atoms with E-state index < -0.39 is 6.04 Å². The third-order valence-electron chi connectivity index (χ3n) is 5.66. The average molecular weight is 395 g/mol. The zero-order chi connectivity index (χ0) is 20.5. The highest BCUT2D eigenvalue weighted by Crippen LogP contribution is 2.37. The van der Waals surface area contributed by atoms with Crippen LogP contribution in [0.3, 0.4) is 0 Å². The predicted octanol–water partition coefficient (Wildman–Crippen LogP) is 1.71. The number of amides is 3.